The number of benzene rings is 2. The Balaban J connectivity index is 2.07. The van der Waals surface area contributed by atoms with E-state index >= 15 is 0 Å². The number of halogens is 1. The molecule has 0 aliphatic carbocycles. The molecule has 0 fully saturated rings. The summed E-state index contributed by atoms with van der Waals surface area (Å²) in [5.41, 5.74) is 3.21. The molecule has 0 aliphatic heterocycles. The maximum atomic E-state index is 6.40. The zero-order valence-electron chi connectivity index (χ0n) is 12.0. The Morgan fingerprint density at radius 1 is 1.14 bits per heavy atom. The minimum atomic E-state index is 0.747. The zero-order valence-corrected chi connectivity index (χ0v) is 12.8. The Morgan fingerprint density at radius 2 is 2.00 bits per heavy atom. The summed E-state index contributed by atoms with van der Waals surface area (Å²) < 4.78 is 1.96. The van der Waals surface area contributed by atoms with Crippen LogP contribution in [-0.4, -0.2) is 16.3 Å². The lowest BCUT2D eigenvalue weighted by Crippen LogP contribution is -2.16. The van der Waals surface area contributed by atoms with Gasteiger partial charge in [-0.15, -0.1) is 0 Å². The van der Waals surface area contributed by atoms with Crippen molar-refractivity contribution >= 4 is 22.5 Å². The van der Waals surface area contributed by atoms with Crippen LogP contribution in [0.15, 0.2) is 48.7 Å². The highest BCUT2D eigenvalue weighted by Crippen LogP contribution is 2.26. The highest BCUT2D eigenvalue weighted by atomic mass is 35.5. The van der Waals surface area contributed by atoms with Crippen LogP contribution < -0.4 is 5.32 Å². The van der Waals surface area contributed by atoms with Crippen molar-refractivity contribution in [1.82, 2.24) is 15.1 Å². The summed E-state index contributed by atoms with van der Waals surface area (Å²) in [7, 11) is 0. The van der Waals surface area contributed by atoms with Crippen molar-refractivity contribution in [3.8, 4) is 5.69 Å². The van der Waals surface area contributed by atoms with Crippen LogP contribution in [0.4, 0.5) is 0 Å². The van der Waals surface area contributed by atoms with Crippen LogP contribution in [0.25, 0.3) is 16.6 Å². The molecule has 0 spiro atoms. The van der Waals surface area contributed by atoms with Crippen LogP contribution in [0.3, 0.4) is 0 Å². The van der Waals surface area contributed by atoms with E-state index in [4.69, 9.17) is 11.6 Å². The molecule has 1 aromatic heterocycles. The normalized spacial score (nSPS) is 11.1. The van der Waals surface area contributed by atoms with Gasteiger partial charge in [0.2, 0.25) is 0 Å². The van der Waals surface area contributed by atoms with E-state index in [9.17, 15) is 0 Å². The van der Waals surface area contributed by atoms with E-state index in [0.717, 1.165) is 46.7 Å². The molecule has 0 bridgehead atoms. The number of hydrogen-bond acceptors (Lipinski definition) is 2. The fraction of sp³-hybridized carbons (Fsp3) is 0.235. The zero-order chi connectivity index (χ0) is 14.7. The molecule has 0 atom stereocenters. The third-order valence-electron chi connectivity index (χ3n) is 3.53. The molecule has 3 rings (SSSR count). The standard InChI is InChI=1S/C17H18ClN3/c1-2-10-19-12-14-15(18)7-5-9-17(14)21-16-8-4-3-6-13(16)11-20-21/h3-9,11,19H,2,10,12H2,1H3. The van der Waals surface area contributed by atoms with Gasteiger partial charge in [-0.25, -0.2) is 4.68 Å². The van der Waals surface area contributed by atoms with Crippen molar-refractivity contribution in [2.75, 3.05) is 6.54 Å². The average molecular weight is 300 g/mol. The van der Waals surface area contributed by atoms with E-state index in [0.29, 0.717) is 0 Å². The Labute approximate surface area is 129 Å². The average Bonchev–Trinajstić information content (AvgIpc) is 2.93. The van der Waals surface area contributed by atoms with E-state index in [1.165, 1.54) is 0 Å². The van der Waals surface area contributed by atoms with E-state index in [1.54, 1.807) is 0 Å². The predicted octanol–water partition coefficient (Wildman–Crippen LogP) is 4.18. The molecule has 0 saturated heterocycles. The molecule has 0 radical (unpaired) electrons. The molecule has 0 aliphatic rings. The van der Waals surface area contributed by atoms with E-state index < -0.39 is 0 Å². The number of nitrogens with zero attached hydrogens (tertiary/aromatic N) is 2. The molecule has 108 valence electrons. The third-order valence-corrected chi connectivity index (χ3v) is 3.88. The van der Waals surface area contributed by atoms with Crippen molar-refractivity contribution in [3.05, 3.63) is 59.2 Å². The summed E-state index contributed by atoms with van der Waals surface area (Å²) in [6, 6.07) is 14.2. The molecular weight excluding hydrogens is 282 g/mol. The lowest BCUT2D eigenvalue weighted by molar-refractivity contribution is 0.671. The summed E-state index contributed by atoms with van der Waals surface area (Å²) >= 11 is 6.40. The predicted molar refractivity (Wildman–Crippen MR) is 88.1 cm³/mol. The number of para-hydroxylation sites is 1. The second kappa shape index (κ2) is 6.29. The highest BCUT2D eigenvalue weighted by Gasteiger charge is 2.11. The smallest absolute Gasteiger partial charge is 0.0741 e. The van der Waals surface area contributed by atoms with Crippen molar-refractivity contribution in [2.24, 2.45) is 0 Å². The quantitative estimate of drug-likeness (QED) is 0.716. The van der Waals surface area contributed by atoms with E-state index in [2.05, 4.69) is 35.5 Å². The van der Waals surface area contributed by atoms with Gasteiger partial charge in [-0.3, -0.25) is 0 Å². The van der Waals surface area contributed by atoms with Crippen LogP contribution in [-0.2, 0) is 6.54 Å². The Kier molecular flexibility index (Phi) is 4.23. The second-order valence-corrected chi connectivity index (χ2v) is 5.44. The Bertz CT molecular complexity index is 749. The highest BCUT2D eigenvalue weighted by molar-refractivity contribution is 6.31. The van der Waals surface area contributed by atoms with Crippen LogP contribution in [0, 0.1) is 0 Å². The maximum Gasteiger partial charge on any atom is 0.0741 e. The summed E-state index contributed by atoms with van der Waals surface area (Å²) in [6.45, 7) is 3.88. The minimum absolute atomic E-state index is 0.747. The third kappa shape index (κ3) is 2.80. The first kappa shape index (κ1) is 14.1. The van der Waals surface area contributed by atoms with Gasteiger partial charge in [0.15, 0.2) is 0 Å². The van der Waals surface area contributed by atoms with Gasteiger partial charge >= 0.3 is 0 Å². The lowest BCUT2D eigenvalue weighted by Gasteiger charge is -2.13. The van der Waals surface area contributed by atoms with Crippen molar-refractivity contribution in [2.45, 2.75) is 19.9 Å². The van der Waals surface area contributed by atoms with E-state index in [1.807, 2.05) is 35.1 Å². The van der Waals surface area contributed by atoms with Gasteiger partial charge < -0.3 is 5.32 Å². The number of nitrogens with one attached hydrogen (secondary N) is 1. The fourth-order valence-corrected chi connectivity index (χ4v) is 2.71. The molecule has 3 nitrogen and oxygen atoms in total. The van der Waals surface area contributed by atoms with Crippen LogP contribution in [0.5, 0.6) is 0 Å². The number of aromatic nitrogens is 2. The summed E-state index contributed by atoms with van der Waals surface area (Å²) in [5, 5.41) is 9.85. The van der Waals surface area contributed by atoms with Gasteiger partial charge in [0.05, 0.1) is 17.4 Å². The summed E-state index contributed by atoms with van der Waals surface area (Å²) in [6.07, 6.45) is 2.99. The molecule has 0 amide bonds. The molecule has 2 aromatic carbocycles. The largest absolute Gasteiger partial charge is 0.313 e. The summed E-state index contributed by atoms with van der Waals surface area (Å²) in [4.78, 5) is 0. The van der Waals surface area contributed by atoms with Gasteiger partial charge in [-0.1, -0.05) is 42.8 Å². The van der Waals surface area contributed by atoms with Crippen molar-refractivity contribution in [3.63, 3.8) is 0 Å². The Hall–Kier alpha value is -1.84. The molecule has 0 saturated carbocycles. The number of hydrogen-bond donors (Lipinski definition) is 1. The molecule has 4 heteroatoms. The summed E-state index contributed by atoms with van der Waals surface area (Å²) in [5.74, 6) is 0. The van der Waals surface area contributed by atoms with Gasteiger partial charge in [0, 0.05) is 22.5 Å². The monoisotopic (exact) mass is 299 g/mol. The molecule has 1 N–H and O–H groups in total. The van der Waals surface area contributed by atoms with Gasteiger partial charge in [-0.05, 0) is 31.2 Å². The number of rotatable bonds is 5. The van der Waals surface area contributed by atoms with Gasteiger partial charge in [0.25, 0.3) is 0 Å². The van der Waals surface area contributed by atoms with Crippen LogP contribution in [0.2, 0.25) is 5.02 Å². The minimum Gasteiger partial charge on any atom is -0.313 e. The molecular formula is C17H18ClN3. The Morgan fingerprint density at radius 3 is 2.86 bits per heavy atom. The van der Waals surface area contributed by atoms with Gasteiger partial charge in [0.1, 0.15) is 0 Å². The first-order valence-electron chi connectivity index (χ1n) is 7.22. The topological polar surface area (TPSA) is 29.9 Å². The molecule has 0 unspecified atom stereocenters. The van der Waals surface area contributed by atoms with Gasteiger partial charge in [-0.2, -0.15) is 5.10 Å². The lowest BCUT2D eigenvalue weighted by atomic mass is 10.1. The number of fused-ring (bicyclic) bond motifs is 1. The SMILES string of the molecule is CCCNCc1c(Cl)cccc1-n1ncc2ccccc21. The molecule has 1 heterocycles. The maximum absolute atomic E-state index is 6.40. The molecule has 21 heavy (non-hydrogen) atoms. The first-order valence-corrected chi connectivity index (χ1v) is 7.60. The van der Waals surface area contributed by atoms with Crippen LogP contribution in [0.1, 0.15) is 18.9 Å². The van der Waals surface area contributed by atoms with Crippen molar-refractivity contribution in [1.29, 1.82) is 0 Å². The second-order valence-electron chi connectivity index (χ2n) is 5.03. The van der Waals surface area contributed by atoms with Crippen LogP contribution >= 0.6 is 11.6 Å². The van der Waals surface area contributed by atoms with E-state index in [-0.39, 0.29) is 0 Å². The first-order chi connectivity index (χ1) is 10.3. The molecule has 3 aromatic rings. The fourth-order valence-electron chi connectivity index (χ4n) is 2.47. The van der Waals surface area contributed by atoms with Crippen molar-refractivity contribution < 1.29 is 0 Å².